The third-order valence-corrected chi connectivity index (χ3v) is 2.52. The van der Waals surface area contributed by atoms with Crippen LogP contribution >= 0.6 is 0 Å². The number of carbonyl (C=O) groups excluding carboxylic acids is 2. The molecular weight excluding hydrogens is 194 g/mol. The summed E-state index contributed by atoms with van der Waals surface area (Å²) in [7, 11) is 0. The van der Waals surface area contributed by atoms with Gasteiger partial charge in [-0.15, -0.1) is 0 Å². The van der Waals surface area contributed by atoms with Crippen molar-refractivity contribution in [3.63, 3.8) is 0 Å². The maximum Gasteiger partial charge on any atom is 0.325 e. The maximum atomic E-state index is 11.7. The zero-order valence-electron chi connectivity index (χ0n) is 9.49. The normalized spacial score (nSPS) is 14.8. The first-order valence-electron chi connectivity index (χ1n) is 5.60. The topological polar surface area (TPSA) is 46.6 Å². The Morgan fingerprint density at radius 1 is 1.33 bits per heavy atom. The van der Waals surface area contributed by atoms with Crippen molar-refractivity contribution in [3.8, 4) is 0 Å². The summed E-state index contributed by atoms with van der Waals surface area (Å²) in [5.74, 6) is 0.324. The van der Waals surface area contributed by atoms with E-state index < -0.39 is 0 Å². The second-order valence-electron chi connectivity index (χ2n) is 3.86. The van der Waals surface area contributed by atoms with Crippen molar-refractivity contribution < 1.29 is 14.3 Å². The molecule has 86 valence electrons. The molecule has 0 aromatic heterocycles. The highest BCUT2D eigenvalue weighted by Gasteiger charge is 2.27. The van der Waals surface area contributed by atoms with Crippen LogP contribution in [0.25, 0.3) is 0 Å². The molecule has 0 aliphatic heterocycles. The van der Waals surface area contributed by atoms with Crippen LogP contribution in [-0.4, -0.2) is 36.5 Å². The van der Waals surface area contributed by atoms with E-state index in [4.69, 9.17) is 4.74 Å². The smallest absolute Gasteiger partial charge is 0.325 e. The second-order valence-corrected chi connectivity index (χ2v) is 3.86. The van der Waals surface area contributed by atoms with E-state index in [9.17, 15) is 9.59 Å². The van der Waals surface area contributed by atoms with Crippen molar-refractivity contribution in [2.45, 2.75) is 33.1 Å². The highest BCUT2D eigenvalue weighted by atomic mass is 16.5. The van der Waals surface area contributed by atoms with E-state index in [1.807, 2.05) is 6.92 Å². The molecule has 1 fully saturated rings. The van der Waals surface area contributed by atoms with E-state index in [1.165, 1.54) is 0 Å². The first kappa shape index (κ1) is 12.0. The molecule has 4 nitrogen and oxygen atoms in total. The Labute approximate surface area is 90.6 Å². The Kier molecular flexibility index (Phi) is 4.59. The zero-order chi connectivity index (χ0) is 11.3. The number of ether oxygens (including phenoxy) is 1. The summed E-state index contributed by atoms with van der Waals surface area (Å²) in [6.07, 6.45) is 2.90. The van der Waals surface area contributed by atoms with Gasteiger partial charge >= 0.3 is 5.97 Å². The summed E-state index contributed by atoms with van der Waals surface area (Å²) < 4.78 is 4.81. The molecule has 0 N–H and O–H groups in total. The third-order valence-electron chi connectivity index (χ3n) is 2.52. The Morgan fingerprint density at radius 3 is 2.47 bits per heavy atom. The van der Waals surface area contributed by atoms with E-state index in [1.54, 1.807) is 11.8 Å². The molecule has 0 bridgehead atoms. The Hall–Kier alpha value is -1.06. The minimum absolute atomic E-state index is 0.0769. The van der Waals surface area contributed by atoms with Crippen molar-refractivity contribution in [2.24, 2.45) is 5.92 Å². The van der Waals surface area contributed by atoms with Crippen LogP contribution in [-0.2, 0) is 14.3 Å². The number of hydrogen-bond donors (Lipinski definition) is 0. The van der Waals surface area contributed by atoms with E-state index in [2.05, 4.69) is 0 Å². The molecule has 0 aromatic rings. The lowest BCUT2D eigenvalue weighted by Gasteiger charge is -2.19. The summed E-state index contributed by atoms with van der Waals surface area (Å²) in [4.78, 5) is 24.5. The van der Waals surface area contributed by atoms with Crippen LogP contribution in [0.4, 0.5) is 0 Å². The standard InChI is InChI=1S/C11H19NO3/c1-3-12(8-11(14)15-4-2)10(13)7-9-5-6-9/h9H,3-8H2,1-2H3. The second kappa shape index (κ2) is 5.73. The number of esters is 1. The summed E-state index contributed by atoms with van der Waals surface area (Å²) in [5, 5.41) is 0. The predicted octanol–water partition coefficient (Wildman–Crippen LogP) is 1.20. The lowest BCUT2D eigenvalue weighted by atomic mass is 10.2. The molecule has 0 unspecified atom stereocenters. The third kappa shape index (κ3) is 4.32. The number of carbonyl (C=O) groups is 2. The van der Waals surface area contributed by atoms with Gasteiger partial charge in [-0.1, -0.05) is 0 Å². The molecule has 0 atom stereocenters. The van der Waals surface area contributed by atoms with Gasteiger partial charge in [0.15, 0.2) is 0 Å². The van der Waals surface area contributed by atoms with Crippen molar-refractivity contribution in [1.82, 2.24) is 4.90 Å². The van der Waals surface area contributed by atoms with Crippen LogP contribution in [0.3, 0.4) is 0 Å². The molecule has 0 heterocycles. The van der Waals surface area contributed by atoms with E-state index in [0.29, 0.717) is 25.5 Å². The van der Waals surface area contributed by atoms with Crippen LogP contribution in [0.2, 0.25) is 0 Å². The summed E-state index contributed by atoms with van der Waals surface area (Å²) in [6, 6.07) is 0. The van der Waals surface area contributed by atoms with Crippen LogP contribution in [0.5, 0.6) is 0 Å². The zero-order valence-corrected chi connectivity index (χ0v) is 9.49. The first-order chi connectivity index (χ1) is 7.17. The number of hydrogen-bond acceptors (Lipinski definition) is 3. The summed E-state index contributed by atoms with van der Waals surface area (Å²) in [6.45, 7) is 4.68. The first-order valence-corrected chi connectivity index (χ1v) is 5.60. The average Bonchev–Trinajstić information content (AvgIpc) is 2.98. The fourth-order valence-electron chi connectivity index (χ4n) is 1.44. The van der Waals surface area contributed by atoms with Gasteiger partial charge < -0.3 is 9.64 Å². The molecule has 4 heteroatoms. The van der Waals surface area contributed by atoms with Gasteiger partial charge in [0, 0.05) is 13.0 Å². The quantitative estimate of drug-likeness (QED) is 0.623. The van der Waals surface area contributed by atoms with Crippen molar-refractivity contribution >= 4 is 11.9 Å². The molecular formula is C11H19NO3. The van der Waals surface area contributed by atoms with E-state index >= 15 is 0 Å². The lowest BCUT2D eigenvalue weighted by molar-refractivity contribution is -0.148. The van der Waals surface area contributed by atoms with Crippen molar-refractivity contribution in [1.29, 1.82) is 0 Å². The molecule has 1 aliphatic carbocycles. The minimum Gasteiger partial charge on any atom is -0.465 e. The lowest BCUT2D eigenvalue weighted by Crippen LogP contribution is -2.36. The molecule has 1 aliphatic rings. The largest absolute Gasteiger partial charge is 0.465 e. The molecule has 0 radical (unpaired) electrons. The van der Waals surface area contributed by atoms with E-state index in [0.717, 1.165) is 12.8 Å². The molecule has 0 saturated heterocycles. The Morgan fingerprint density at radius 2 is 2.00 bits per heavy atom. The van der Waals surface area contributed by atoms with Crippen LogP contribution in [0.15, 0.2) is 0 Å². The van der Waals surface area contributed by atoms with Crippen LogP contribution < -0.4 is 0 Å². The van der Waals surface area contributed by atoms with Crippen molar-refractivity contribution in [2.75, 3.05) is 19.7 Å². The SMILES string of the molecule is CCOC(=O)CN(CC)C(=O)CC1CC1. The highest BCUT2D eigenvalue weighted by molar-refractivity contribution is 5.82. The van der Waals surface area contributed by atoms with Crippen molar-refractivity contribution in [3.05, 3.63) is 0 Å². The minimum atomic E-state index is -0.316. The van der Waals surface area contributed by atoms with Gasteiger partial charge in [0.25, 0.3) is 0 Å². The van der Waals surface area contributed by atoms with Gasteiger partial charge in [0.05, 0.1) is 6.61 Å². The molecule has 15 heavy (non-hydrogen) atoms. The maximum absolute atomic E-state index is 11.7. The number of rotatable bonds is 6. The van der Waals surface area contributed by atoms with Gasteiger partial charge in [0.2, 0.25) is 5.91 Å². The van der Waals surface area contributed by atoms with Crippen LogP contribution in [0, 0.1) is 5.92 Å². The molecule has 1 saturated carbocycles. The fourth-order valence-corrected chi connectivity index (χ4v) is 1.44. The highest BCUT2D eigenvalue weighted by Crippen LogP contribution is 2.32. The monoisotopic (exact) mass is 213 g/mol. The van der Waals surface area contributed by atoms with Gasteiger partial charge in [-0.3, -0.25) is 9.59 Å². The number of nitrogens with zero attached hydrogens (tertiary/aromatic N) is 1. The molecule has 0 aromatic carbocycles. The Bertz CT molecular complexity index is 236. The molecule has 0 spiro atoms. The number of amides is 1. The van der Waals surface area contributed by atoms with Gasteiger partial charge in [-0.25, -0.2) is 0 Å². The van der Waals surface area contributed by atoms with Gasteiger partial charge in [0.1, 0.15) is 6.54 Å². The number of likely N-dealkylation sites (N-methyl/N-ethyl adjacent to an activating group) is 1. The van der Waals surface area contributed by atoms with Gasteiger partial charge in [-0.2, -0.15) is 0 Å². The Balaban J connectivity index is 2.32. The summed E-state index contributed by atoms with van der Waals surface area (Å²) in [5.41, 5.74) is 0. The predicted molar refractivity (Wildman–Crippen MR) is 56.2 cm³/mol. The van der Waals surface area contributed by atoms with E-state index in [-0.39, 0.29) is 18.4 Å². The van der Waals surface area contributed by atoms with Gasteiger partial charge in [-0.05, 0) is 32.6 Å². The summed E-state index contributed by atoms with van der Waals surface area (Å²) >= 11 is 0. The molecule has 1 rings (SSSR count). The fraction of sp³-hybridized carbons (Fsp3) is 0.818. The molecule has 1 amide bonds. The van der Waals surface area contributed by atoms with Crippen LogP contribution in [0.1, 0.15) is 33.1 Å². The average molecular weight is 213 g/mol.